The standard InChI is InChI=1S/C13H15N3O3S/c1-9-7-11(4-5-12(9)19-2)20(17,18)16-10-3-6-13(14)15-8-10/h3-8,16H,1-2H3,(H2,14,15). The SMILES string of the molecule is COc1ccc(S(=O)(=O)Nc2ccc(N)nc2)cc1C. The van der Waals surface area contributed by atoms with Crippen LogP contribution in [0.3, 0.4) is 0 Å². The number of methoxy groups -OCH3 is 1. The minimum Gasteiger partial charge on any atom is -0.496 e. The predicted octanol–water partition coefficient (Wildman–Crippen LogP) is 1.78. The third-order valence-electron chi connectivity index (χ3n) is 2.72. The zero-order chi connectivity index (χ0) is 14.8. The van der Waals surface area contributed by atoms with Crippen molar-refractivity contribution < 1.29 is 13.2 Å². The van der Waals surface area contributed by atoms with E-state index in [0.29, 0.717) is 17.3 Å². The average molecular weight is 293 g/mol. The van der Waals surface area contributed by atoms with Crippen molar-refractivity contribution in [3.8, 4) is 5.75 Å². The van der Waals surface area contributed by atoms with Crippen LogP contribution in [0.1, 0.15) is 5.56 Å². The Hall–Kier alpha value is -2.28. The summed E-state index contributed by atoms with van der Waals surface area (Å²) in [7, 11) is -2.12. The van der Waals surface area contributed by atoms with Crippen molar-refractivity contribution in [3.63, 3.8) is 0 Å². The predicted molar refractivity (Wildman–Crippen MR) is 77.2 cm³/mol. The van der Waals surface area contributed by atoms with E-state index >= 15 is 0 Å². The first kappa shape index (κ1) is 14.1. The molecule has 7 heteroatoms. The number of sulfonamides is 1. The van der Waals surface area contributed by atoms with Gasteiger partial charge in [-0.15, -0.1) is 0 Å². The van der Waals surface area contributed by atoms with Crippen LogP contribution in [0.15, 0.2) is 41.4 Å². The van der Waals surface area contributed by atoms with Crippen LogP contribution in [0.2, 0.25) is 0 Å². The molecule has 1 heterocycles. The van der Waals surface area contributed by atoms with Crippen LogP contribution in [0.4, 0.5) is 11.5 Å². The molecule has 0 aliphatic heterocycles. The summed E-state index contributed by atoms with van der Waals surface area (Å²) in [4.78, 5) is 3.99. The highest BCUT2D eigenvalue weighted by atomic mass is 32.2. The molecular formula is C13H15N3O3S. The van der Waals surface area contributed by atoms with Gasteiger partial charge < -0.3 is 10.5 Å². The molecule has 20 heavy (non-hydrogen) atoms. The molecule has 0 aliphatic rings. The van der Waals surface area contributed by atoms with Gasteiger partial charge in [-0.25, -0.2) is 13.4 Å². The van der Waals surface area contributed by atoms with Gasteiger partial charge in [-0.3, -0.25) is 4.72 Å². The quantitative estimate of drug-likeness (QED) is 0.896. The summed E-state index contributed by atoms with van der Waals surface area (Å²) in [6.45, 7) is 1.78. The number of hydrogen-bond donors (Lipinski definition) is 2. The van der Waals surface area contributed by atoms with Crippen molar-refractivity contribution in [2.24, 2.45) is 0 Å². The van der Waals surface area contributed by atoms with Crippen molar-refractivity contribution in [3.05, 3.63) is 42.1 Å². The van der Waals surface area contributed by atoms with Crippen molar-refractivity contribution >= 4 is 21.5 Å². The van der Waals surface area contributed by atoms with E-state index in [9.17, 15) is 8.42 Å². The van der Waals surface area contributed by atoms with Gasteiger partial charge in [0.2, 0.25) is 0 Å². The highest BCUT2D eigenvalue weighted by Gasteiger charge is 2.15. The van der Waals surface area contributed by atoms with Gasteiger partial charge in [-0.1, -0.05) is 0 Å². The molecule has 0 bridgehead atoms. The third kappa shape index (κ3) is 3.00. The number of aryl methyl sites for hydroxylation is 1. The van der Waals surface area contributed by atoms with Crippen LogP contribution in [0, 0.1) is 6.92 Å². The molecule has 0 unspecified atom stereocenters. The Morgan fingerprint density at radius 3 is 2.55 bits per heavy atom. The Balaban J connectivity index is 2.30. The summed E-state index contributed by atoms with van der Waals surface area (Å²) >= 11 is 0. The molecule has 2 rings (SSSR count). The summed E-state index contributed by atoms with van der Waals surface area (Å²) in [5.41, 5.74) is 6.55. The molecule has 0 radical (unpaired) electrons. The van der Waals surface area contributed by atoms with Gasteiger partial charge in [-0.2, -0.15) is 0 Å². The number of nitrogens with one attached hydrogen (secondary N) is 1. The van der Waals surface area contributed by atoms with Crippen LogP contribution in [0.5, 0.6) is 5.75 Å². The summed E-state index contributed by atoms with van der Waals surface area (Å²) in [6.07, 6.45) is 1.36. The zero-order valence-corrected chi connectivity index (χ0v) is 11.9. The maximum Gasteiger partial charge on any atom is 0.261 e. The second kappa shape index (κ2) is 5.38. The van der Waals surface area contributed by atoms with Crippen molar-refractivity contribution in [1.82, 2.24) is 4.98 Å². The average Bonchev–Trinajstić information content (AvgIpc) is 2.41. The molecule has 0 spiro atoms. The minimum atomic E-state index is -3.66. The first-order valence-electron chi connectivity index (χ1n) is 5.81. The Kier molecular flexibility index (Phi) is 3.80. The molecule has 0 amide bonds. The van der Waals surface area contributed by atoms with Gasteiger partial charge in [0.15, 0.2) is 0 Å². The number of anilines is 2. The van der Waals surface area contributed by atoms with E-state index < -0.39 is 10.0 Å². The van der Waals surface area contributed by atoms with Crippen molar-refractivity contribution in [1.29, 1.82) is 0 Å². The third-order valence-corrected chi connectivity index (χ3v) is 4.09. The lowest BCUT2D eigenvalue weighted by Gasteiger charge is -2.10. The number of hydrogen-bond acceptors (Lipinski definition) is 5. The Morgan fingerprint density at radius 2 is 2.00 bits per heavy atom. The van der Waals surface area contributed by atoms with Gasteiger partial charge in [-0.05, 0) is 42.8 Å². The summed E-state index contributed by atoms with van der Waals surface area (Å²) in [5, 5.41) is 0. The van der Waals surface area contributed by atoms with E-state index in [1.54, 1.807) is 25.1 Å². The molecule has 6 nitrogen and oxygen atoms in total. The molecule has 0 fully saturated rings. The Morgan fingerprint density at radius 1 is 1.25 bits per heavy atom. The lowest BCUT2D eigenvalue weighted by Crippen LogP contribution is -2.13. The molecule has 1 aromatic heterocycles. The second-order valence-electron chi connectivity index (χ2n) is 4.21. The Labute approximate surface area is 117 Å². The number of ether oxygens (including phenoxy) is 1. The molecule has 106 valence electrons. The highest BCUT2D eigenvalue weighted by molar-refractivity contribution is 7.92. The molecule has 3 N–H and O–H groups in total. The fourth-order valence-corrected chi connectivity index (χ4v) is 2.83. The number of nitrogens with two attached hydrogens (primary N) is 1. The van der Waals surface area contributed by atoms with E-state index in [1.165, 1.54) is 25.4 Å². The van der Waals surface area contributed by atoms with E-state index in [-0.39, 0.29) is 4.90 Å². The fourth-order valence-electron chi connectivity index (χ4n) is 1.70. The molecule has 0 aliphatic carbocycles. The van der Waals surface area contributed by atoms with E-state index in [4.69, 9.17) is 10.5 Å². The van der Waals surface area contributed by atoms with Crippen LogP contribution >= 0.6 is 0 Å². The largest absolute Gasteiger partial charge is 0.496 e. The maximum atomic E-state index is 12.2. The van der Waals surface area contributed by atoms with Crippen LogP contribution in [-0.2, 0) is 10.0 Å². The lowest BCUT2D eigenvalue weighted by molar-refractivity contribution is 0.411. The summed E-state index contributed by atoms with van der Waals surface area (Å²) < 4.78 is 32.0. The van der Waals surface area contributed by atoms with Gasteiger partial charge in [0, 0.05) is 0 Å². The first-order valence-corrected chi connectivity index (χ1v) is 7.29. The van der Waals surface area contributed by atoms with Crippen molar-refractivity contribution in [2.45, 2.75) is 11.8 Å². The fraction of sp³-hybridized carbons (Fsp3) is 0.154. The number of aromatic nitrogens is 1. The maximum absolute atomic E-state index is 12.2. The number of nitrogens with zero attached hydrogens (tertiary/aromatic N) is 1. The smallest absolute Gasteiger partial charge is 0.261 e. The lowest BCUT2D eigenvalue weighted by atomic mass is 10.2. The second-order valence-corrected chi connectivity index (χ2v) is 5.89. The van der Waals surface area contributed by atoms with Crippen LogP contribution in [-0.4, -0.2) is 20.5 Å². The Bertz CT molecular complexity index is 712. The molecule has 2 aromatic rings. The summed E-state index contributed by atoms with van der Waals surface area (Å²) in [5.74, 6) is 0.964. The van der Waals surface area contributed by atoms with E-state index in [2.05, 4.69) is 9.71 Å². The molecule has 0 atom stereocenters. The molecule has 0 saturated carbocycles. The number of benzene rings is 1. The first-order chi connectivity index (χ1) is 9.42. The van der Waals surface area contributed by atoms with Gasteiger partial charge in [0.25, 0.3) is 10.0 Å². The molecule has 1 aromatic carbocycles. The van der Waals surface area contributed by atoms with Crippen LogP contribution in [0.25, 0.3) is 0 Å². The van der Waals surface area contributed by atoms with Gasteiger partial charge in [0.1, 0.15) is 11.6 Å². The number of pyridine rings is 1. The number of nitrogen functional groups attached to an aromatic ring is 1. The van der Waals surface area contributed by atoms with Crippen molar-refractivity contribution in [2.75, 3.05) is 17.6 Å². The monoisotopic (exact) mass is 293 g/mol. The molecular weight excluding hydrogens is 278 g/mol. The van der Waals surface area contributed by atoms with E-state index in [1.807, 2.05) is 0 Å². The van der Waals surface area contributed by atoms with Gasteiger partial charge >= 0.3 is 0 Å². The molecule has 0 saturated heterocycles. The van der Waals surface area contributed by atoms with Gasteiger partial charge in [0.05, 0.1) is 23.9 Å². The number of rotatable bonds is 4. The topological polar surface area (TPSA) is 94.3 Å². The normalized spacial score (nSPS) is 11.1. The zero-order valence-electron chi connectivity index (χ0n) is 11.1. The van der Waals surface area contributed by atoms with Crippen LogP contribution < -0.4 is 15.2 Å². The highest BCUT2D eigenvalue weighted by Crippen LogP contribution is 2.23. The minimum absolute atomic E-state index is 0.160. The van der Waals surface area contributed by atoms with E-state index in [0.717, 1.165) is 5.56 Å². The summed E-state index contributed by atoms with van der Waals surface area (Å²) in [6, 6.07) is 7.73.